The molecule has 3 aromatic rings. The molecule has 3 rings (SSSR count). The molecule has 0 fully saturated rings. The largest absolute Gasteiger partial charge is 0.497 e. The summed E-state index contributed by atoms with van der Waals surface area (Å²) >= 11 is 3.37. The first-order valence-electron chi connectivity index (χ1n) is 11.8. The monoisotopic (exact) mass is 542 g/mol. The molecule has 0 atom stereocenters. The third-order valence-electron chi connectivity index (χ3n) is 5.69. The van der Waals surface area contributed by atoms with Gasteiger partial charge in [0.05, 0.1) is 18.2 Å². The molecule has 0 saturated carbocycles. The fraction of sp³-hybridized carbons (Fsp3) is 0.385. The van der Waals surface area contributed by atoms with E-state index < -0.39 is 0 Å². The average molecular weight is 543 g/mol. The summed E-state index contributed by atoms with van der Waals surface area (Å²) in [5.74, 6) is 0.162. The van der Waals surface area contributed by atoms with Crippen molar-refractivity contribution in [3.8, 4) is 11.6 Å². The molecule has 0 aliphatic heterocycles. The number of hydrogen-bond donors (Lipinski definition) is 2. The molecule has 186 valence electrons. The van der Waals surface area contributed by atoms with E-state index in [4.69, 9.17) is 4.74 Å². The first-order chi connectivity index (χ1) is 17.0. The van der Waals surface area contributed by atoms with Crippen LogP contribution in [-0.4, -0.2) is 35.1 Å². The number of nitrogens with one attached hydrogen (secondary N) is 1. The van der Waals surface area contributed by atoms with E-state index in [1.54, 1.807) is 23.8 Å². The van der Waals surface area contributed by atoms with Gasteiger partial charge >= 0.3 is 0 Å². The highest BCUT2D eigenvalue weighted by molar-refractivity contribution is 9.10. The average Bonchev–Trinajstić information content (AvgIpc) is 3.13. The molecule has 35 heavy (non-hydrogen) atoms. The number of unbranched alkanes of at least 4 members (excludes halogenated alkanes) is 3. The fourth-order valence-electron chi connectivity index (χ4n) is 3.75. The smallest absolute Gasteiger partial charge is 0.264 e. The van der Waals surface area contributed by atoms with E-state index in [9.17, 15) is 14.7 Å². The Morgan fingerprint density at radius 1 is 1.11 bits per heavy atom. The number of ether oxygens (including phenoxy) is 1. The number of aromatic hydroxyl groups is 1. The van der Waals surface area contributed by atoms with Crippen molar-refractivity contribution in [2.75, 3.05) is 13.7 Å². The van der Waals surface area contributed by atoms with Gasteiger partial charge in [-0.3, -0.25) is 9.59 Å². The number of halogens is 1. The van der Waals surface area contributed by atoms with Crippen LogP contribution in [0.1, 0.15) is 55.8 Å². The Morgan fingerprint density at radius 2 is 1.91 bits per heavy atom. The van der Waals surface area contributed by atoms with E-state index in [1.807, 2.05) is 30.3 Å². The Balaban J connectivity index is 1.52. The van der Waals surface area contributed by atoms with Gasteiger partial charge in [0.1, 0.15) is 5.75 Å². The Morgan fingerprint density at radius 3 is 2.66 bits per heavy atom. The number of fused-ring (bicyclic) bond motifs is 1. The molecule has 0 saturated heterocycles. The predicted molar refractivity (Wildman–Crippen MR) is 140 cm³/mol. The van der Waals surface area contributed by atoms with Gasteiger partial charge in [0.2, 0.25) is 5.88 Å². The van der Waals surface area contributed by atoms with Crippen molar-refractivity contribution in [1.29, 1.82) is 0 Å². The van der Waals surface area contributed by atoms with Gasteiger partial charge in [-0.1, -0.05) is 31.9 Å². The Labute approximate surface area is 213 Å². The van der Waals surface area contributed by atoms with Crippen molar-refractivity contribution in [3.63, 3.8) is 0 Å². The third-order valence-corrected chi connectivity index (χ3v) is 6.38. The molecule has 2 aromatic carbocycles. The number of carbonyl (C=O) groups excluding carboxylic acids is 2. The number of aromatic nitrogens is 1. The molecule has 1 heterocycles. The first kappa shape index (κ1) is 26.4. The number of aryl methyl sites for hydroxylation is 1. The predicted octanol–water partition coefficient (Wildman–Crippen LogP) is 6.52. The maximum absolute atomic E-state index is 12.3. The molecule has 2 amide bonds. The zero-order valence-corrected chi connectivity index (χ0v) is 21.7. The Hall–Kier alpha value is -3.20. The second kappa shape index (κ2) is 13.0. The van der Waals surface area contributed by atoms with Crippen molar-refractivity contribution in [1.82, 2.24) is 9.88 Å². The summed E-state index contributed by atoms with van der Waals surface area (Å²) < 4.78 is 7.85. The maximum Gasteiger partial charge on any atom is 0.264 e. The van der Waals surface area contributed by atoms with Gasteiger partial charge in [-0.05, 0) is 65.5 Å². The van der Waals surface area contributed by atoms with Gasteiger partial charge in [-0.25, -0.2) is 0 Å². The van der Waals surface area contributed by atoms with Crippen LogP contribution < -0.4 is 10.1 Å². The number of nitrogens with zero attached hydrogens (tertiary/aromatic N) is 3. The standard InChI is InChI=1S/C26H31BrN4O4/c1-3-4-16-31-22-14-13-18(35-2)17-20(22)24(26(31)34)30-29-23(32)12-6-5-9-15-28-25(33)19-10-7-8-11-21(19)27/h7-8,10-11,13-14,17,34H,3-6,9,12,15-16H2,1-2H3,(H,28,33). The van der Waals surface area contributed by atoms with Gasteiger partial charge in [-0.15, -0.1) is 10.2 Å². The fourth-order valence-corrected chi connectivity index (χ4v) is 4.21. The Kier molecular flexibility index (Phi) is 9.84. The minimum Gasteiger partial charge on any atom is -0.497 e. The van der Waals surface area contributed by atoms with Gasteiger partial charge in [0.15, 0.2) is 5.69 Å². The third kappa shape index (κ3) is 6.91. The quantitative estimate of drug-likeness (QED) is 0.200. The summed E-state index contributed by atoms with van der Waals surface area (Å²) in [6.07, 6.45) is 4.31. The van der Waals surface area contributed by atoms with Crippen LogP contribution in [0.2, 0.25) is 0 Å². The molecule has 2 N–H and O–H groups in total. The van der Waals surface area contributed by atoms with E-state index >= 15 is 0 Å². The molecule has 0 bridgehead atoms. The van der Waals surface area contributed by atoms with Crippen LogP contribution in [0, 0.1) is 0 Å². The number of methoxy groups -OCH3 is 1. The number of benzene rings is 2. The zero-order chi connectivity index (χ0) is 25.2. The van der Waals surface area contributed by atoms with Crippen LogP contribution in [0.3, 0.4) is 0 Å². The van der Waals surface area contributed by atoms with Crippen LogP contribution in [-0.2, 0) is 11.3 Å². The van der Waals surface area contributed by atoms with Crippen molar-refractivity contribution in [2.24, 2.45) is 10.2 Å². The lowest BCUT2D eigenvalue weighted by Crippen LogP contribution is -2.24. The lowest BCUT2D eigenvalue weighted by atomic mass is 10.2. The molecule has 8 nitrogen and oxygen atoms in total. The number of amides is 2. The van der Waals surface area contributed by atoms with Gasteiger partial charge < -0.3 is 19.7 Å². The molecule has 1 aromatic heterocycles. The van der Waals surface area contributed by atoms with Crippen molar-refractivity contribution in [3.05, 3.63) is 52.5 Å². The second-order valence-corrected chi connectivity index (χ2v) is 9.05. The summed E-state index contributed by atoms with van der Waals surface area (Å²) in [6.45, 7) is 3.26. The van der Waals surface area contributed by atoms with Crippen molar-refractivity contribution in [2.45, 2.75) is 52.0 Å². The summed E-state index contributed by atoms with van der Waals surface area (Å²) in [6, 6.07) is 12.8. The number of hydrogen-bond acceptors (Lipinski definition) is 5. The number of carbonyl (C=O) groups is 2. The SMILES string of the molecule is CCCCn1c(O)c(N=NC(=O)CCCCCNC(=O)c2ccccc2Br)c2cc(OC)ccc21. The molecular weight excluding hydrogens is 512 g/mol. The van der Waals surface area contributed by atoms with E-state index in [1.165, 1.54) is 0 Å². The molecular formula is C26H31BrN4O4. The van der Waals surface area contributed by atoms with Gasteiger partial charge in [0, 0.05) is 29.4 Å². The summed E-state index contributed by atoms with van der Waals surface area (Å²) in [7, 11) is 1.58. The molecule has 0 unspecified atom stereocenters. The van der Waals surface area contributed by atoms with Crippen LogP contribution in [0.4, 0.5) is 5.69 Å². The first-order valence-corrected chi connectivity index (χ1v) is 12.6. The molecule has 0 aliphatic rings. The van der Waals surface area contributed by atoms with E-state index in [2.05, 4.69) is 38.4 Å². The molecule has 9 heteroatoms. The Bertz CT molecular complexity index is 1210. The number of rotatable bonds is 12. The minimum atomic E-state index is -0.348. The van der Waals surface area contributed by atoms with Crippen LogP contribution in [0.5, 0.6) is 11.6 Å². The van der Waals surface area contributed by atoms with Crippen molar-refractivity contribution >= 4 is 44.3 Å². The summed E-state index contributed by atoms with van der Waals surface area (Å²) in [5.41, 5.74) is 1.70. The van der Waals surface area contributed by atoms with Crippen LogP contribution in [0.15, 0.2) is 57.2 Å². The lowest BCUT2D eigenvalue weighted by Gasteiger charge is -2.06. The summed E-state index contributed by atoms with van der Waals surface area (Å²) in [4.78, 5) is 24.5. The zero-order valence-electron chi connectivity index (χ0n) is 20.1. The van der Waals surface area contributed by atoms with Gasteiger partial charge in [0.25, 0.3) is 11.8 Å². The van der Waals surface area contributed by atoms with E-state index in [0.717, 1.165) is 35.7 Å². The van der Waals surface area contributed by atoms with Crippen molar-refractivity contribution < 1.29 is 19.4 Å². The lowest BCUT2D eigenvalue weighted by molar-refractivity contribution is -0.118. The molecule has 0 aliphatic carbocycles. The topological polar surface area (TPSA) is 105 Å². The normalized spacial score (nSPS) is 11.3. The highest BCUT2D eigenvalue weighted by atomic mass is 79.9. The maximum atomic E-state index is 12.3. The second-order valence-electron chi connectivity index (χ2n) is 8.20. The molecule has 0 radical (unpaired) electrons. The van der Waals surface area contributed by atoms with E-state index in [-0.39, 0.29) is 29.8 Å². The van der Waals surface area contributed by atoms with E-state index in [0.29, 0.717) is 36.2 Å². The highest BCUT2D eigenvalue weighted by Gasteiger charge is 2.17. The van der Waals surface area contributed by atoms with Crippen LogP contribution >= 0.6 is 15.9 Å². The van der Waals surface area contributed by atoms with Gasteiger partial charge in [-0.2, -0.15) is 0 Å². The molecule has 0 spiro atoms. The summed E-state index contributed by atoms with van der Waals surface area (Å²) in [5, 5.41) is 22.3. The number of azo groups is 1. The highest BCUT2D eigenvalue weighted by Crippen LogP contribution is 2.40. The minimum absolute atomic E-state index is 0.000882. The van der Waals surface area contributed by atoms with Crippen LogP contribution in [0.25, 0.3) is 10.9 Å².